The fraction of sp³-hybridized carbons (Fsp3) is 0.600. The molecule has 0 heterocycles. The zero-order valence-electron chi connectivity index (χ0n) is 20.6. The first-order chi connectivity index (χ1) is 16.4. The molecule has 0 amide bonds. The van der Waals surface area contributed by atoms with Gasteiger partial charge in [-0.05, 0) is 110 Å². The highest BCUT2D eigenvalue weighted by molar-refractivity contribution is 5.44. The number of hydrogen-bond acceptors (Lipinski definition) is 4. The molecule has 4 heteroatoms. The minimum Gasteiger partial charge on any atom is -0.496 e. The molecule has 184 valence electrons. The molecule has 4 saturated carbocycles. The lowest BCUT2D eigenvalue weighted by Crippen LogP contribution is -2.48. The number of benzene rings is 2. The van der Waals surface area contributed by atoms with Crippen molar-refractivity contribution < 1.29 is 14.9 Å². The van der Waals surface area contributed by atoms with Crippen LogP contribution in [0.15, 0.2) is 42.5 Å². The Balaban J connectivity index is 1.25. The second-order valence-corrected chi connectivity index (χ2v) is 11.7. The molecule has 2 aromatic rings. The van der Waals surface area contributed by atoms with Crippen LogP contribution >= 0.6 is 0 Å². The van der Waals surface area contributed by atoms with Crippen LogP contribution in [0, 0.1) is 17.8 Å². The molecular weight excluding hydrogens is 422 g/mol. The number of nitrogens with two attached hydrogens (primary N) is 1. The van der Waals surface area contributed by atoms with Gasteiger partial charge in [0.15, 0.2) is 0 Å². The fourth-order valence-electron chi connectivity index (χ4n) is 7.53. The van der Waals surface area contributed by atoms with Crippen LogP contribution in [0.2, 0.25) is 0 Å². The third kappa shape index (κ3) is 4.78. The number of aliphatic hydroxyl groups is 2. The lowest BCUT2D eigenvalue weighted by atomic mass is 9.48. The molecule has 4 fully saturated rings. The summed E-state index contributed by atoms with van der Waals surface area (Å²) in [6.07, 6.45) is 11.8. The predicted octanol–water partition coefficient (Wildman–Crippen LogP) is 4.56. The van der Waals surface area contributed by atoms with Crippen molar-refractivity contribution in [2.24, 2.45) is 23.5 Å². The number of hydrogen-bond donors (Lipinski definition) is 3. The largest absolute Gasteiger partial charge is 0.496 e. The Kier molecular flexibility index (Phi) is 6.76. The maximum absolute atomic E-state index is 9.39. The molecule has 0 aliphatic heterocycles. The molecule has 0 radical (unpaired) electrons. The molecule has 34 heavy (non-hydrogen) atoms. The first kappa shape index (κ1) is 23.8. The van der Waals surface area contributed by atoms with Crippen LogP contribution in [0.5, 0.6) is 5.75 Å². The van der Waals surface area contributed by atoms with Crippen molar-refractivity contribution in [2.75, 3.05) is 20.3 Å². The van der Waals surface area contributed by atoms with Gasteiger partial charge >= 0.3 is 0 Å². The summed E-state index contributed by atoms with van der Waals surface area (Å²) < 4.78 is 5.89. The molecule has 0 atom stereocenters. The van der Waals surface area contributed by atoms with Crippen molar-refractivity contribution >= 4 is 0 Å². The van der Waals surface area contributed by atoms with Gasteiger partial charge in [0, 0.05) is 5.56 Å². The van der Waals surface area contributed by atoms with Gasteiger partial charge in [0.2, 0.25) is 0 Å². The topological polar surface area (TPSA) is 75.7 Å². The highest BCUT2D eigenvalue weighted by Crippen LogP contribution is 2.61. The number of rotatable bonds is 10. The summed E-state index contributed by atoms with van der Waals surface area (Å²) in [6, 6.07) is 15.7. The van der Waals surface area contributed by atoms with Crippen molar-refractivity contribution in [1.29, 1.82) is 0 Å². The highest BCUT2D eigenvalue weighted by Gasteiger charge is 2.52. The zero-order valence-corrected chi connectivity index (χ0v) is 20.6. The van der Waals surface area contributed by atoms with Crippen LogP contribution < -0.4 is 10.5 Å². The molecule has 4 aliphatic carbocycles. The third-order valence-electron chi connectivity index (χ3n) is 9.14. The zero-order chi connectivity index (χ0) is 23.8. The molecule has 4 bridgehead atoms. The average Bonchev–Trinajstić information content (AvgIpc) is 2.85. The van der Waals surface area contributed by atoms with Crippen LogP contribution in [0.4, 0.5) is 0 Å². The molecule has 0 saturated heterocycles. The van der Waals surface area contributed by atoms with E-state index in [0.717, 1.165) is 42.8 Å². The van der Waals surface area contributed by atoms with Gasteiger partial charge < -0.3 is 20.7 Å². The van der Waals surface area contributed by atoms with Crippen LogP contribution in [-0.2, 0) is 24.7 Å². The average molecular weight is 464 g/mol. The van der Waals surface area contributed by atoms with Crippen molar-refractivity contribution in [3.8, 4) is 5.75 Å². The predicted molar refractivity (Wildman–Crippen MR) is 136 cm³/mol. The van der Waals surface area contributed by atoms with E-state index in [1.54, 1.807) is 0 Å². The minimum atomic E-state index is -0.901. The van der Waals surface area contributed by atoms with Gasteiger partial charge in [-0.25, -0.2) is 0 Å². The van der Waals surface area contributed by atoms with Crippen LogP contribution in [0.1, 0.15) is 67.2 Å². The van der Waals surface area contributed by atoms with E-state index in [0.29, 0.717) is 11.8 Å². The molecule has 6 rings (SSSR count). The Bertz CT molecular complexity index is 944. The summed E-state index contributed by atoms with van der Waals surface area (Å²) in [6.45, 7) is -0.399. The van der Waals surface area contributed by atoms with Gasteiger partial charge in [-0.1, -0.05) is 36.4 Å². The Labute approximate surface area is 204 Å². The summed E-state index contributed by atoms with van der Waals surface area (Å²) in [4.78, 5) is 0. The van der Waals surface area contributed by atoms with Crippen LogP contribution in [0.3, 0.4) is 0 Å². The number of ether oxygens (including phenoxy) is 1. The molecule has 4 N–H and O–H groups in total. The summed E-state index contributed by atoms with van der Waals surface area (Å²) >= 11 is 0. The normalized spacial score (nSPS) is 27.8. The molecule has 0 unspecified atom stereocenters. The number of aryl methyl sites for hydroxylation is 3. The summed E-state index contributed by atoms with van der Waals surface area (Å²) in [5, 5.41) is 18.8. The molecule has 0 aromatic heterocycles. The molecule has 4 nitrogen and oxygen atoms in total. The second kappa shape index (κ2) is 9.64. The van der Waals surface area contributed by atoms with Gasteiger partial charge in [0.05, 0.1) is 25.9 Å². The summed E-state index contributed by atoms with van der Waals surface area (Å²) in [7, 11) is 1.83. The molecule has 2 aromatic carbocycles. The van der Waals surface area contributed by atoms with E-state index in [9.17, 15) is 10.2 Å². The van der Waals surface area contributed by atoms with E-state index in [1.165, 1.54) is 60.8 Å². The van der Waals surface area contributed by atoms with E-state index in [4.69, 9.17) is 10.5 Å². The van der Waals surface area contributed by atoms with Gasteiger partial charge in [0.25, 0.3) is 0 Å². The quantitative estimate of drug-likeness (QED) is 0.483. The van der Waals surface area contributed by atoms with E-state index in [2.05, 4.69) is 42.5 Å². The first-order valence-electron chi connectivity index (χ1n) is 13.2. The Morgan fingerprint density at radius 2 is 1.32 bits per heavy atom. The maximum atomic E-state index is 9.39. The van der Waals surface area contributed by atoms with Crippen molar-refractivity contribution in [3.05, 3.63) is 64.7 Å². The van der Waals surface area contributed by atoms with E-state index < -0.39 is 5.54 Å². The second-order valence-electron chi connectivity index (χ2n) is 11.7. The smallest absolute Gasteiger partial charge is 0.122 e. The van der Waals surface area contributed by atoms with Crippen LogP contribution in [0.25, 0.3) is 0 Å². The van der Waals surface area contributed by atoms with E-state index in [-0.39, 0.29) is 13.2 Å². The van der Waals surface area contributed by atoms with Crippen molar-refractivity contribution in [3.63, 3.8) is 0 Å². The lowest BCUT2D eigenvalue weighted by molar-refractivity contribution is -0.00618. The van der Waals surface area contributed by atoms with Crippen LogP contribution in [-0.4, -0.2) is 36.1 Å². The van der Waals surface area contributed by atoms with E-state index >= 15 is 0 Å². The van der Waals surface area contributed by atoms with Gasteiger partial charge in [-0.2, -0.15) is 0 Å². The van der Waals surface area contributed by atoms with Crippen molar-refractivity contribution in [2.45, 2.75) is 75.2 Å². The minimum absolute atomic E-state index is 0.200. The summed E-state index contributed by atoms with van der Waals surface area (Å²) in [5.41, 5.74) is 10.9. The standard InChI is InChI=1S/C30H41NO3/c1-34-28-9-8-23(15-27(28)29-16-24-12-25(17-29)14-26(13-24)18-29)7-6-21-2-4-22(5-3-21)10-11-30(31,19-32)20-33/h2-5,8-9,15,24-26,32-33H,6-7,10-14,16-20,31H2,1H3. The van der Waals surface area contributed by atoms with Crippen molar-refractivity contribution in [1.82, 2.24) is 0 Å². The molecule has 0 spiro atoms. The lowest BCUT2D eigenvalue weighted by Gasteiger charge is -2.57. The molecule has 4 aliphatic rings. The Morgan fingerprint density at radius 3 is 1.85 bits per heavy atom. The van der Waals surface area contributed by atoms with E-state index in [1.807, 2.05) is 7.11 Å². The monoisotopic (exact) mass is 463 g/mol. The SMILES string of the molecule is COc1ccc(CCc2ccc(CCC(N)(CO)CO)cc2)cc1C12CC3CC(CC(C3)C1)C2. The maximum Gasteiger partial charge on any atom is 0.122 e. The molecular formula is C30H41NO3. The Hall–Kier alpha value is -1.88. The Morgan fingerprint density at radius 1 is 0.824 bits per heavy atom. The highest BCUT2D eigenvalue weighted by atomic mass is 16.5. The van der Waals surface area contributed by atoms with Gasteiger partial charge in [0.1, 0.15) is 5.75 Å². The number of aliphatic hydroxyl groups excluding tert-OH is 2. The van der Waals surface area contributed by atoms with Gasteiger partial charge in [-0.3, -0.25) is 0 Å². The first-order valence-corrected chi connectivity index (χ1v) is 13.2. The third-order valence-corrected chi connectivity index (χ3v) is 9.14. The summed E-state index contributed by atoms with van der Waals surface area (Å²) in [5.74, 6) is 3.88. The fourth-order valence-corrected chi connectivity index (χ4v) is 7.53. The number of methoxy groups -OCH3 is 1. The van der Waals surface area contributed by atoms with Gasteiger partial charge in [-0.15, -0.1) is 0 Å².